The van der Waals surface area contributed by atoms with E-state index >= 15 is 0 Å². The minimum absolute atomic E-state index is 0.368. The van der Waals surface area contributed by atoms with Crippen molar-refractivity contribution in [2.75, 3.05) is 19.6 Å². The Morgan fingerprint density at radius 3 is 2.41 bits per heavy atom. The van der Waals surface area contributed by atoms with Crippen molar-refractivity contribution in [3.05, 3.63) is 35.9 Å². The molecule has 1 unspecified atom stereocenters. The lowest BCUT2D eigenvalue weighted by molar-refractivity contribution is -0.133. The SMILES string of the molecule is CCNC(CC(=O)N1CCC(Cc2ccccc2)CC1)CC1CCCCC1. The van der Waals surface area contributed by atoms with E-state index in [-0.39, 0.29) is 0 Å². The average Bonchev–Trinajstić information content (AvgIpc) is 2.70. The zero-order valence-electron chi connectivity index (χ0n) is 17.2. The van der Waals surface area contributed by atoms with Crippen molar-refractivity contribution in [1.29, 1.82) is 0 Å². The Bertz CT molecular complexity index is 545. The van der Waals surface area contributed by atoms with Gasteiger partial charge in [0.05, 0.1) is 0 Å². The fourth-order valence-electron chi connectivity index (χ4n) is 5.03. The quantitative estimate of drug-likeness (QED) is 0.712. The molecule has 1 amide bonds. The molecule has 1 N–H and O–H groups in total. The number of nitrogens with zero attached hydrogens (tertiary/aromatic N) is 1. The molecule has 1 heterocycles. The summed E-state index contributed by atoms with van der Waals surface area (Å²) in [6, 6.07) is 11.2. The van der Waals surface area contributed by atoms with Crippen LogP contribution in [0.25, 0.3) is 0 Å². The number of piperidine rings is 1. The number of hydrogen-bond donors (Lipinski definition) is 1. The number of likely N-dealkylation sites (tertiary alicyclic amines) is 1. The first-order chi connectivity index (χ1) is 13.2. The average molecular weight is 371 g/mol. The molecule has 3 nitrogen and oxygen atoms in total. The summed E-state index contributed by atoms with van der Waals surface area (Å²) in [4.78, 5) is 15.0. The van der Waals surface area contributed by atoms with Crippen LogP contribution in [-0.4, -0.2) is 36.5 Å². The number of benzene rings is 1. The molecule has 0 spiro atoms. The van der Waals surface area contributed by atoms with Crippen LogP contribution in [0.1, 0.15) is 70.3 Å². The molecule has 1 atom stereocenters. The molecule has 2 fully saturated rings. The lowest BCUT2D eigenvalue weighted by Crippen LogP contribution is -2.43. The minimum Gasteiger partial charge on any atom is -0.343 e. The van der Waals surface area contributed by atoms with Crippen LogP contribution < -0.4 is 5.32 Å². The van der Waals surface area contributed by atoms with Crippen LogP contribution in [0.4, 0.5) is 0 Å². The van der Waals surface area contributed by atoms with Crippen molar-refractivity contribution in [3.8, 4) is 0 Å². The fraction of sp³-hybridized carbons (Fsp3) is 0.708. The van der Waals surface area contributed by atoms with Crippen LogP contribution in [-0.2, 0) is 11.2 Å². The summed E-state index contributed by atoms with van der Waals surface area (Å²) in [5.74, 6) is 1.92. The third-order valence-electron chi connectivity index (χ3n) is 6.59. The maximum atomic E-state index is 12.9. The molecule has 0 radical (unpaired) electrons. The van der Waals surface area contributed by atoms with Gasteiger partial charge in [-0.1, -0.05) is 69.4 Å². The molecule has 1 aliphatic heterocycles. The second-order valence-corrected chi connectivity index (χ2v) is 8.71. The summed E-state index contributed by atoms with van der Waals surface area (Å²) in [5.41, 5.74) is 1.43. The Morgan fingerprint density at radius 2 is 1.74 bits per heavy atom. The van der Waals surface area contributed by atoms with E-state index in [0.717, 1.165) is 50.7 Å². The number of carbonyl (C=O) groups excluding carboxylic acids is 1. The first kappa shape index (κ1) is 20.4. The predicted octanol–water partition coefficient (Wildman–Crippen LogP) is 4.81. The van der Waals surface area contributed by atoms with Gasteiger partial charge < -0.3 is 10.2 Å². The molecule has 3 rings (SSSR count). The van der Waals surface area contributed by atoms with Crippen LogP contribution in [0.5, 0.6) is 0 Å². The molecule has 1 aromatic rings. The molecule has 1 saturated carbocycles. The Balaban J connectivity index is 1.43. The maximum absolute atomic E-state index is 12.9. The van der Waals surface area contributed by atoms with Crippen LogP contribution in [0.15, 0.2) is 30.3 Å². The van der Waals surface area contributed by atoms with Crippen LogP contribution >= 0.6 is 0 Å². The Morgan fingerprint density at radius 1 is 1.04 bits per heavy atom. The zero-order chi connectivity index (χ0) is 18.9. The number of nitrogens with one attached hydrogen (secondary N) is 1. The van der Waals surface area contributed by atoms with E-state index in [9.17, 15) is 4.79 Å². The van der Waals surface area contributed by atoms with Gasteiger partial charge in [-0.05, 0) is 49.6 Å². The number of carbonyl (C=O) groups is 1. The van der Waals surface area contributed by atoms with E-state index in [1.165, 1.54) is 44.1 Å². The van der Waals surface area contributed by atoms with E-state index in [4.69, 9.17) is 0 Å². The minimum atomic E-state index is 0.368. The molecule has 150 valence electrons. The molecule has 0 bridgehead atoms. The van der Waals surface area contributed by atoms with Gasteiger partial charge >= 0.3 is 0 Å². The summed E-state index contributed by atoms with van der Waals surface area (Å²) >= 11 is 0. The highest BCUT2D eigenvalue weighted by atomic mass is 16.2. The third-order valence-corrected chi connectivity index (χ3v) is 6.59. The first-order valence-electron chi connectivity index (χ1n) is 11.3. The second kappa shape index (κ2) is 10.8. The van der Waals surface area contributed by atoms with Gasteiger partial charge in [0.15, 0.2) is 0 Å². The molecule has 1 saturated heterocycles. The van der Waals surface area contributed by atoms with Gasteiger partial charge in [0.2, 0.25) is 5.91 Å². The van der Waals surface area contributed by atoms with Crippen molar-refractivity contribution >= 4 is 5.91 Å². The van der Waals surface area contributed by atoms with Crippen molar-refractivity contribution in [2.45, 2.75) is 77.2 Å². The monoisotopic (exact) mass is 370 g/mol. The molecular formula is C24H38N2O. The molecule has 2 aliphatic rings. The number of amides is 1. The molecule has 27 heavy (non-hydrogen) atoms. The van der Waals surface area contributed by atoms with E-state index in [0.29, 0.717) is 18.4 Å². The van der Waals surface area contributed by atoms with Gasteiger partial charge in [-0.15, -0.1) is 0 Å². The molecule has 0 aromatic heterocycles. The van der Waals surface area contributed by atoms with Crippen LogP contribution in [0.3, 0.4) is 0 Å². The van der Waals surface area contributed by atoms with Gasteiger partial charge in [-0.3, -0.25) is 4.79 Å². The van der Waals surface area contributed by atoms with E-state index in [1.54, 1.807) is 0 Å². The van der Waals surface area contributed by atoms with Gasteiger partial charge in [0, 0.05) is 25.6 Å². The summed E-state index contributed by atoms with van der Waals surface area (Å²) in [6.45, 7) is 5.01. The first-order valence-corrected chi connectivity index (χ1v) is 11.3. The number of hydrogen-bond acceptors (Lipinski definition) is 2. The maximum Gasteiger partial charge on any atom is 0.224 e. The fourth-order valence-corrected chi connectivity index (χ4v) is 5.03. The highest BCUT2D eigenvalue weighted by Gasteiger charge is 2.26. The third kappa shape index (κ3) is 6.64. The Hall–Kier alpha value is -1.35. The summed E-state index contributed by atoms with van der Waals surface area (Å²) < 4.78 is 0. The molecule has 3 heteroatoms. The summed E-state index contributed by atoms with van der Waals surface area (Å²) in [5, 5.41) is 3.59. The smallest absolute Gasteiger partial charge is 0.224 e. The lowest BCUT2D eigenvalue weighted by Gasteiger charge is -2.34. The molecular weight excluding hydrogens is 332 g/mol. The zero-order valence-corrected chi connectivity index (χ0v) is 17.2. The summed E-state index contributed by atoms with van der Waals surface area (Å²) in [7, 11) is 0. The highest BCUT2D eigenvalue weighted by Crippen LogP contribution is 2.28. The topological polar surface area (TPSA) is 32.3 Å². The van der Waals surface area contributed by atoms with E-state index in [1.807, 2.05) is 0 Å². The highest BCUT2D eigenvalue weighted by molar-refractivity contribution is 5.76. The van der Waals surface area contributed by atoms with Gasteiger partial charge in [-0.2, -0.15) is 0 Å². The largest absolute Gasteiger partial charge is 0.343 e. The van der Waals surface area contributed by atoms with Crippen LogP contribution in [0, 0.1) is 11.8 Å². The van der Waals surface area contributed by atoms with Crippen molar-refractivity contribution in [3.63, 3.8) is 0 Å². The Kier molecular flexibility index (Phi) is 8.19. The standard InChI is InChI=1S/C24H38N2O/c1-2-25-23(18-21-11-7-4-8-12-21)19-24(27)26-15-13-22(14-16-26)17-20-9-5-3-6-10-20/h3,5-6,9-10,21-23,25H,2,4,7-8,11-19H2,1H3. The van der Waals surface area contributed by atoms with Gasteiger partial charge in [0.1, 0.15) is 0 Å². The summed E-state index contributed by atoms with van der Waals surface area (Å²) in [6.07, 6.45) is 12.2. The van der Waals surface area contributed by atoms with E-state index < -0.39 is 0 Å². The second-order valence-electron chi connectivity index (χ2n) is 8.71. The molecule has 1 aromatic carbocycles. The molecule has 1 aliphatic carbocycles. The number of rotatable bonds is 8. The lowest BCUT2D eigenvalue weighted by atomic mass is 9.84. The normalized spacial score (nSPS) is 20.6. The van der Waals surface area contributed by atoms with E-state index in [2.05, 4.69) is 47.5 Å². The van der Waals surface area contributed by atoms with Crippen LogP contribution in [0.2, 0.25) is 0 Å². The Labute approximate surface area is 165 Å². The predicted molar refractivity (Wildman–Crippen MR) is 113 cm³/mol. The van der Waals surface area contributed by atoms with Crippen molar-refractivity contribution < 1.29 is 4.79 Å². The van der Waals surface area contributed by atoms with Gasteiger partial charge in [0.25, 0.3) is 0 Å². The van der Waals surface area contributed by atoms with Crippen molar-refractivity contribution in [1.82, 2.24) is 10.2 Å². The van der Waals surface area contributed by atoms with Gasteiger partial charge in [-0.25, -0.2) is 0 Å². The van der Waals surface area contributed by atoms with Crippen molar-refractivity contribution in [2.24, 2.45) is 11.8 Å².